The van der Waals surface area contributed by atoms with Crippen LogP contribution in [0, 0.1) is 0 Å². The zero-order valence-electron chi connectivity index (χ0n) is 7.91. The van der Waals surface area contributed by atoms with Crippen molar-refractivity contribution in [3.63, 3.8) is 0 Å². The first kappa shape index (κ1) is 12.1. The number of carbonyl (C=O) groups excluding carboxylic acids is 1. The highest BCUT2D eigenvalue weighted by atomic mass is 16.6. The summed E-state index contributed by atoms with van der Waals surface area (Å²) in [6.07, 6.45) is 1.73. The van der Waals surface area contributed by atoms with Gasteiger partial charge in [-0.2, -0.15) is 0 Å². The van der Waals surface area contributed by atoms with Crippen molar-refractivity contribution in [1.82, 2.24) is 0 Å². The van der Waals surface area contributed by atoms with Gasteiger partial charge in [-0.25, -0.2) is 5.11 Å². The van der Waals surface area contributed by atoms with E-state index in [2.05, 4.69) is 11.3 Å². The van der Waals surface area contributed by atoms with Crippen LogP contribution in [0.15, 0.2) is 12.2 Å². The van der Waals surface area contributed by atoms with Gasteiger partial charge in [0.25, 0.3) is 0 Å². The third kappa shape index (κ3) is 7.49. The molecule has 1 amide bonds. The number of carbonyl (C=O) groups is 1. The Bertz CT molecular complexity index is 176. The molecule has 1 unspecified atom stereocenters. The van der Waals surface area contributed by atoms with Gasteiger partial charge in [0.15, 0.2) is 0 Å². The van der Waals surface area contributed by atoms with Gasteiger partial charge in [0.05, 0.1) is 6.61 Å². The van der Waals surface area contributed by atoms with Crippen LogP contribution in [0.1, 0.15) is 19.8 Å². The van der Waals surface area contributed by atoms with E-state index in [1.54, 1.807) is 0 Å². The number of hydrogen-bond acceptors (Lipinski definition) is 2. The molecule has 13 heavy (non-hydrogen) atoms. The second kappa shape index (κ2) is 6.62. The Balaban J connectivity index is 0.000000243. The predicted molar refractivity (Wildman–Crippen MR) is 48.5 cm³/mol. The lowest BCUT2D eigenvalue weighted by Crippen LogP contribution is -2.12. The number of nitrogens with two attached hydrogens (primary N) is 1. The van der Waals surface area contributed by atoms with E-state index in [-0.39, 0.29) is 18.6 Å². The van der Waals surface area contributed by atoms with Crippen molar-refractivity contribution in [2.75, 3.05) is 13.2 Å². The molecule has 1 rings (SSSR count). The van der Waals surface area contributed by atoms with E-state index in [0.29, 0.717) is 12.2 Å². The summed E-state index contributed by atoms with van der Waals surface area (Å²) in [5.74, 6) is -0.383. The van der Waals surface area contributed by atoms with Gasteiger partial charge in [0.2, 0.25) is 5.91 Å². The summed E-state index contributed by atoms with van der Waals surface area (Å²) in [6.45, 7) is 6.09. The fourth-order valence-corrected chi connectivity index (χ4v) is 0.589. The Morgan fingerprint density at radius 3 is 2.31 bits per heavy atom. The molecule has 4 nitrogen and oxygen atoms in total. The normalized spacial score (nSPS) is 18.5. The molecule has 1 atom stereocenters. The van der Waals surface area contributed by atoms with Gasteiger partial charge in [0.1, 0.15) is 12.7 Å². The van der Waals surface area contributed by atoms with E-state index >= 15 is 0 Å². The highest BCUT2D eigenvalue weighted by molar-refractivity contribution is 5.91. The Morgan fingerprint density at radius 2 is 2.23 bits per heavy atom. The topological polar surface area (TPSA) is 75.5 Å². The number of primary amides is 1. The molecule has 0 aromatic carbocycles. The average Bonchev–Trinajstić information content (AvgIpc) is 2.88. The maximum atomic E-state index is 10.2. The minimum absolute atomic E-state index is 0.0556. The quantitative estimate of drug-likeness (QED) is 0.516. The smallest absolute Gasteiger partial charge is 0.244 e. The van der Waals surface area contributed by atoms with Crippen LogP contribution in [0.25, 0.3) is 0 Å². The number of amides is 1. The highest BCUT2D eigenvalue weighted by Gasteiger charge is 2.20. The summed E-state index contributed by atoms with van der Waals surface area (Å²) < 4.78 is 4.55. The molecular weight excluding hydrogens is 170 g/mol. The lowest BCUT2D eigenvalue weighted by Gasteiger charge is -1.93. The highest BCUT2D eigenvalue weighted by Crippen LogP contribution is 2.05. The monoisotopic (exact) mass is 186 g/mol. The molecule has 1 aliphatic rings. The van der Waals surface area contributed by atoms with Crippen molar-refractivity contribution < 1.29 is 14.6 Å². The van der Waals surface area contributed by atoms with Gasteiger partial charge in [0, 0.05) is 5.57 Å². The number of ether oxygens (including phenoxy) is 1. The zero-order valence-corrected chi connectivity index (χ0v) is 7.91. The Kier molecular flexibility index (Phi) is 6.18. The predicted octanol–water partition coefficient (Wildman–Crippen LogP) is 0.644. The van der Waals surface area contributed by atoms with E-state index in [4.69, 9.17) is 5.73 Å². The lowest BCUT2D eigenvalue weighted by molar-refractivity contribution is -0.114. The van der Waals surface area contributed by atoms with E-state index in [1.807, 2.05) is 6.92 Å². The van der Waals surface area contributed by atoms with E-state index in [0.717, 1.165) is 12.8 Å². The molecule has 0 spiro atoms. The van der Waals surface area contributed by atoms with Crippen LogP contribution in [0.4, 0.5) is 0 Å². The molecule has 1 heterocycles. The van der Waals surface area contributed by atoms with Crippen molar-refractivity contribution in [3.8, 4) is 0 Å². The molecule has 0 saturated carbocycles. The van der Waals surface area contributed by atoms with Crippen LogP contribution in [0.2, 0.25) is 0 Å². The molecule has 0 aromatic heterocycles. The Labute approximate surface area is 78.4 Å². The minimum atomic E-state index is -0.383. The van der Waals surface area contributed by atoms with Crippen LogP contribution in [-0.4, -0.2) is 25.2 Å². The zero-order chi connectivity index (χ0) is 10.3. The molecule has 1 fully saturated rings. The summed E-state index contributed by atoms with van der Waals surface area (Å²) in [4.78, 5) is 10.2. The molecule has 75 valence electrons. The van der Waals surface area contributed by atoms with Gasteiger partial charge in [-0.3, -0.25) is 4.79 Å². The minimum Gasteiger partial charge on any atom is -0.370 e. The first-order valence-electron chi connectivity index (χ1n) is 4.29. The summed E-state index contributed by atoms with van der Waals surface area (Å²) >= 11 is 0. The molecule has 0 aromatic rings. The lowest BCUT2D eigenvalue weighted by atomic mass is 10.2. The third-order valence-electron chi connectivity index (χ3n) is 1.49. The largest absolute Gasteiger partial charge is 0.370 e. The van der Waals surface area contributed by atoms with Gasteiger partial charge in [-0.05, 0) is 6.42 Å². The molecule has 1 radical (unpaired) electrons. The van der Waals surface area contributed by atoms with Gasteiger partial charge in [-0.15, -0.1) is 0 Å². The van der Waals surface area contributed by atoms with Crippen LogP contribution in [0.5, 0.6) is 0 Å². The fraction of sp³-hybridized carbons (Fsp3) is 0.667. The van der Waals surface area contributed by atoms with Crippen LogP contribution in [0.3, 0.4) is 0 Å². The average molecular weight is 186 g/mol. The molecule has 2 N–H and O–H groups in total. The molecule has 4 heteroatoms. The second-order valence-corrected chi connectivity index (χ2v) is 2.84. The molecule has 1 saturated heterocycles. The first-order chi connectivity index (χ1) is 6.11. The molecule has 0 aliphatic carbocycles. The van der Waals surface area contributed by atoms with Gasteiger partial charge >= 0.3 is 0 Å². The van der Waals surface area contributed by atoms with Crippen molar-refractivity contribution >= 4 is 5.91 Å². The summed E-state index contributed by atoms with van der Waals surface area (Å²) in [6, 6.07) is 0. The number of hydrogen-bond donors (Lipinski definition) is 1. The van der Waals surface area contributed by atoms with Crippen LogP contribution < -0.4 is 5.73 Å². The maximum absolute atomic E-state index is 10.2. The first-order valence-corrected chi connectivity index (χ1v) is 4.29. The van der Waals surface area contributed by atoms with Crippen molar-refractivity contribution in [1.29, 1.82) is 0 Å². The van der Waals surface area contributed by atoms with E-state index in [1.165, 1.54) is 0 Å². The summed E-state index contributed by atoms with van der Waals surface area (Å²) in [5, 5.41) is 9.57. The summed E-state index contributed by atoms with van der Waals surface area (Å²) in [7, 11) is 0. The van der Waals surface area contributed by atoms with E-state index in [9.17, 15) is 9.90 Å². The standard InChI is InChI=1S/C6H11NO.C3H5O2/c1-3-4-5(2)6(7)8;4-1-3-2-5-3/h2-4H2,1H3,(H2,7,8);3H,1-2H2. The fourth-order valence-electron chi connectivity index (χ4n) is 0.589. The van der Waals surface area contributed by atoms with Gasteiger partial charge in [-0.1, -0.05) is 19.9 Å². The number of epoxide rings is 1. The van der Waals surface area contributed by atoms with Gasteiger partial charge < -0.3 is 10.5 Å². The van der Waals surface area contributed by atoms with Crippen molar-refractivity contribution in [3.05, 3.63) is 12.2 Å². The van der Waals surface area contributed by atoms with E-state index < -0.39 is 0 Å². The van der Waals surface area contributed by atoms with Crippen LogP contribution >= 0.6 is 0 Å². The maximum Gasteiger partial charge on any atom is 0.244 e. The van der Waals surface area contributed by atoms with Crippen molar-refractivity contribution in [2.24, 2.45) is 5.73 Å². The third-order valence-corrected chi connectivity index (χ3v) is 1.49. The summed E-state index contributed by atoms with van der Waals surface area (Å²) in [5.41, 5.74) is 5.40. The molecule has 1 aliphatic heterocycles. The van der Waals surface area contributed by atoms with Crippen LogP contribution in [-0.2, 0) is 14.6 Å². The van der Waals surface area contributed by atoms with Crippen molar-refractivity contribution in [2.45, 2.75) is 25.9 Å². The molecule has 0 bridgehead atoms. The SMILES string of the molecule is C=C(CCC)C(N)=O.[O]CC1CO1. The Hall–Kier alpha value is -0.870. The second-order valence-electron chi connectivity index (χ2n) is 2.84. The number of rotatable bonds is 4. The molecular formula is C9H16NO3. The Morgan fingerprint density at radius 1 is 1.69 bits per heavy atom.